The molecule has 2 aromatic carbocycles. The molecule has 0 unspecified atom stereocenters. The van der Waals surface area contributed by atoms with Gasteiger partial charge in [0.05, 0.1) is 18.5 Å². The Morgan fingerprint density at radius 2 is 1.77 bits per heavy atom. The van der Waals surface area contributed by atoms with Gasteiger partial charge >= 0.3 is 0 Å². The number of fused-ring (bicyclic) bond motifs is 1. The molecule has 10 heteroatoms. The number of anilines is 1. The van der Waals surface area contributed by atoms with Crippen LogP contribution in [-0.2, 0) is 27.7 Å². The summed E-state index contributed by atoms with van der Waals surface area (Å²) in [4.78, 5) is 3.65. The van der Waals surface area contributed by atoms with E-state index >= 15 is 0 Å². The second kappa shape index (κ2) is 11.3. The second-order valence-corrected chi connectivity index (χ2v) is 11.6. The minimum Gasteiger partial charge on any atom is -0.494 e. The van der Waals surface area contributed by atoms with Gasteiger partial charge in [0.15, 0.2) is 4.90 Å². The number of nitrogens with zero attached hydrogens (tertiary/aromatic N) is 3. The summed E-state index contributed by atoms with van der Waals surface area (Å²) in [5.41, 5.74) is 3.08. The van der Waals surface area contributed by atoms with Crippen molar-refractivity contribution in [1.82, 2.24) is 9.55 Å². The molecule has 0 amide bonds. The van der Waals surface area contributed by atoms with Crippen LogP contribution in [0.3, 0.4) is 0 Å². The van der Waals surface area contributed by atoms with Gasteiger partial charge in [-0.2, -0.15) is 0 Å². The van der Waals surface area contributed by atoms with Gasteiger partial charge in [-0.25, -0.2) is 22.2 Å². The van der Waals surface area contributed by atoms with Gasteiger partial charge in [0, 0.05) is 44.3 Å². The Bertz CT molecular complexity index is 1550. The number of pyridine rings is 1. The lowest BCUT2D eigenvalue weighted by atomic mass is 10.00. The van der Waals surface area contributed by atoms with Crippen LogP contribution < -0.4 is 9.04 Å². The normalized spacial score (nSPS) is 14.6. The molecule has 0 N–H and O–H groups in total. The van der Waals surface area contributed by atoms with Crippen molar-refractivity contribution in [2.75, 3.05) is 31.2 Å². The Balaban J connectivity index is 1.51. The number of ether oxygens (including phenoxy) is 2. The van der Waals surface area contributed by atoms with Gasteiger partial charge in [-0.05, 0) is 67.6 Å². The summed E-state index contributed by atoms with van der Waals surface area (Å²) < 4.78 is 69.2. The van der Waals surface area contributed by atoms with Crippen molar-refractivity contribution in [2.24, 2.45) is 5.92 Å². The van der Waals surface area contributed by atoms with E-state index < -0.39 is 26.6 Å². The van der Waals surface area contributed by atoms with E-state index in [4.69, 9.17) is 9.47 Å². The molecular formula is C29H31F2N3O4S. The smallest absolute Gasteiger partial charge is 0.269 e. The van der Waals surface area contributed by atoms with Gasteiger partial charge in [-0.15, -0.1) is 0 Å². The third-order valence-corrected chi connectivity index (χ3v) is 8.95. The number of hydrogen-bond donors (Lipinski definition) is 0. The van der Waals surface area contributed by atoms with Gasteiger partial charge in [-0.3, -0.25) is 4.31 Å². The van der Waals surface area contributed by atoms with Crippen LogP contribution in [0.15, 0.2) is 65.7 Å². The fourth-order valence-corrected chi connectivity index (χ4v) is 6.26. The van der Waals surface area contributed by atoms with Gasteiger partial charge < -0.3 is 14.0 Å². The Hall–Kier alpha value is -3.50. The molecule has 39 heavy (non-hydrogen) atoms. The number of benzene rings is 2. The Kier molecular flexibility index (Phi) is 7.86. The number of aromatic nitrogens is 2. The Labute approximate surface area is 227 Å². The zero-order valence-corrected chi connectivity index (χ0v) is 22.8. The van der Waals surface area contributed by atoms with Crippen LogP contribution in [0.4, 0.5) is 14.5 Å². The van der Waals surface area contributed by atoms with Gasteiger partial charge in [0.1, 0.15) is 23.0 Å². The summed E-state index contributed by atoms with van der Waals surface area (Å²) >= 11 is 0. The summed E-state index contributed by atoms with van der Waals surface area (Å²) in [7, 11) is -3.23. The van der Waals surface area contributed by atoms with E-state index in [-0.39, 0.29) is 5.69 Å². The Morgan fingerprint density at radius 3 is 2.44 bits per heavy atom. The molecular weight excluding hydrogens is 524 g/mol. The van der Waals surface area contributed by atoms with Crippen molar-refractivity contribution < 1.29 is 26.7 Å². The molecule has 0 radical (unpaired) electrons. The van der Waals surface area contributed by atoms with Crippen LogP contribution in [0, 0.1) is 17.6 Å². The fourth-order valence-electron chi connectivity index (χ4n) is 4.98. The molecule has 206 valence electrons. The van der Waals surface area contributed by atoms with Crippen molar-refractivity contribution in [2.45, 2.75) is 37.6 Å². The quantitative estimate of drug-likeness (QED) is 0.271. The first-order valence-electron chi connectivity index (χ1n) is 13.0. The van der Waals surface area contributed by atoms with E-state index in [2.05, 4.69) is 9.55 Å². The summed E-state index contributed by atoms with van der Waals surface area (Å²) in [6.45, 7) is 4.76. The highest BCUT2D eigenvalue weighted by Gasteiger charge is 2.29. The summed E-state index contributed by atoms with van der Waals surface area (Å²) in [5.74, 6) is -1.04. The van der Waals surface area contributed by atoms with Crippen molar-refractivity contribution in [3.63, 3.8) is 0 Å². The van der Waals surface area contributed by atoms with Crippen LogP contribution in [0.5, 0.6) is 5.75 Å². The standard InChI is InChI=1S/C29H31F2N3O4S/c1-3-38-25-9-7-20(8-10-25)15-23-16-22-17-24(18-32-29(22)34(23)19-21-11-13-37-14-12-21)33(2)39(35,36)28-26(30)5-4-6-27(28)31/h4-10,16-18,21H,3,11-15,19H2,1-2H3. The van der Waals surface area contributed by atoms with Crippen LogP contribution >= 0.6 is 0 Å². The summed E-state index contributed by atoms with van der Waals surface area (Å²) in [6.07, 6.45) is 3.99. The maximum absolute atomic E-state index is 14.3. The van der Waals surface area contributed by atoms with E-state index in [1.54, 1.807) is 6.07 Å². The molecule has 5 rings (SSSR count). The second-order valence-electron chi connectivity index (χ2n) is 9.69. The lowest BCUT2D eigenvalue weighted by Crippen LogP contribution is -2.28. The Morgan fingerprint density at radius 1 is 1.08 bits per heavy atom. The van der Waals surface area contributed by atoms with E-state index in [0.717, 1.165) is 83.1 Å². The molecule has 4 aromatic rings. The first-order valence-corrected chi connectivity index (χ1v) is 14.4. The molecule has 0 aliphatic carbocycles. The molecule has 1 saturated heterocycles. The summed E-state index contributed by atoms with van der Waals surface area (Å²) in [6, 6.07) is 14.6. The number of rotatable bonds is 9. The fraction of sp³-hybridized carbons (Fsp3) is 0.345. The minimum atomic E-state index is -4.49. The highest BCUT2D eigenvalue weighted by molar-refractivity contribution is 7.92. The van der Waals surface area contributed by atoms with E-state index in [1.807, 2.05) is 37.3 Å². The zero-order chi connectivity index (χ0) is 27.6. The number of halogens is 2. The van der Waals surface area contributed by atoms with Crippen LogP contribution in [-0.4, -0.2) is 44.8 Å². The molecule has 3 heterocycles. The average molecular weight is 556 g/mol. The first kappa shape index (κ1) is 27.1. The summed E-state index contributed by atoms with van der Waals surface area (Å²) in [5, 5.41) is 0.747. The number of hydrogen-bond acceptors (Lipinski definition) is 5. The van der Waals surface area contributed by atoms with Crippen LogP contribution in [0.1, 0.15) is 31.0 Å². The third-order valence-electron chi connectivity index (χ3n) is 7.11. The van der Waals surface area contributed by atoms with Crippen LogP contribution in [0.2, 0.25) is 0 Å². The maximum Gasteiger partial charge on any atom is 0.269 e. The van der Waals surface area contributed by atoms with Gasteiger partial charge in [-0.1, -0.05) is 18.2 Å². The highest BCUT2D eigenvalue weighted by Crippen LogP contribution is 2.31. The SMILES string of the molecule is CCOc1ccc(Cc2cc3cc(N(C)S(=O)(=O)c4c(F)cccc4F)cnc3n2CC2CCOCC2)cc1. The first-order chi connectivity index (χ1) is 18.8. The van der Waals surface area contributed by atoms with Gasteiger partial charge in [0.25, 0.3) is 10.0 Å². The molecule has 0 spiro atoms. The lowest BCUT2D eigenvalue weighted by Gasteiger charge is -2.24. The molecule has 1 fully saturated rings. The van der Waals surface area contributed by atoms with Crippen molar-refractivity contribution in [3.05, 3.63) is 83.7 Å². The van der Waals surface area contributed by atoms with Crippen molar-refractivity contribution in [3.8, 4) is 5.75 Å². The molecule has 0 bridgehead atoms. The van der Waals surface area contributed by atoms with Crippen molar-refractivity contribution in [1.29, 1.82) is 0 Å². The molecule has 7 nitrogen and oxygen atoms in total. The van der Waals surface area contributed by atoms with Gasteiger partial charge in [0.2, 0.25) is 0 Å². The predicted molar refractivity (Wildman–Crippen MR) is 146 cm³/mol. The topological polar surface area (TPSA) is 73.7 Å². The highest BCUT2D eigenvalue weighted by atomic mass is 32.2. The largest absolute Gasteiger partial charge is 0.494 e. The third kappa shape index (κ3) is 5.62. The molecule has 2 aromatic heterocycles. The van der Waals surface area contributed by atoms with Crippen LogP contribution in [0.25, 0.3) is 11.0 Å². The predicted octanol–water partition coefficient (Wildman–Crippen LogP) is 5.56. The molecule has 0 atom stereocenters. The lowest BCUT2D eigenvalue weighted by molar-refractivity contribution is 0.0614. The van der Waals surface area contributed by atoms with E-state index in [1.165, 1.54) is 13.2 Å². The molecule has 1 aliphatic heterocycles. The average Bonchev–Trinajstić information content (AvgIpc) is 3.25. The molecule has 0 saturated carbocycles. The minimum absolute atomic E-state index is 0.209. The van der Waals surface area contributed by atoms with E-state index in [9.17, 15) is 17.2 Å². The maximum atomic E-state index is 14.3. The van der Waals surface area contributed by atoms with E-state index in [0.29, 0.717) is 18.9 Å². The molecule has 1 aliphatic rings. The number of sulfonamides is 1. The zero-order valence-electron chi connectivity index (χ0n) is 21.9. The monoisotopic (exact) mass is 555 g/mol. The van der Waals surface area contributed by atoms with Crippen molar-refractivity contribution >= 4 is 26.7 Å².